The van der Waals surface area contributed by atoms with Crippen LogP contribution in [0.15, 0.2) is 35.7 Å². The Labute approximate surface area is 119 Å². The molecular weight excluding hydrogens is 276 g/mol. The molecule has 0 aliphatic carbocycles. The number of carbonyl (C=O) groups excluding carboxylic acids is 1. The zero-order valence-electron chi connectivity index (χ0n) is 11.2. The molecule has 1 fully saturated rings. The van der Waals surface area contributed by atoms with Crippen LogP contribution in [0.25, 0.3) is 6.08 Å². The van der Waals surface area contributed by atoms with Crippen molar-refractivity contribution in [2.45, 2.75) is 12.8 Å². The highest BCUT2D eigenvalue weighted by Crippen LogP contribution is 2.07. The van der Waals surface area contributed by atoms with Gasteiger partial charge in [0.05, 0.1) is 6.54 Å². The van der Waals surface area contributed by atoms with E-state index in [2.05, 4.69) is 4.72 Å². The molecule has 1 N–H and O–H groups in total. The summed E-state index contributed by atoms with van der Waals surface area (Å²) in [5.41, 5.74) is 0.795. The molecule has 1 saturated heterocycles. The Morgan fingerprint density at radius 3 is 2.50 bits per heavy atom. The van der Waals surface area contributed by atoms with Gasteiger partial charge in [-0.05, 0) is 24.5 Å². The van der Waals surface area contributed by atoms with E-state index in [1.807, 2.05) is 18.2 Å². The Kier molecular flexibility index (Phi) is 4.92. The van der Waals surface area contributed by atoms with Crippen LogP contribution in [0.1, 0.15) is 18.4 Å². The highest BCUT2D eigenvalue weighted by molar-refractivity contribution is 7.92. The first kappa shape index (κ1) is 14.7. The Bertz CT molecular complexity index is 576. The number of rotatable bonds is 5. The summed E-state index contributed by atoms with van der Waals surface area (Å²) >= 11 is 0. The first-order valence-corrected chi connectivity index (χ1v) is 8.12. The molecule has 0 aromatic heterocycles. The zero-order valence-corrected chi connectivity index (χ0v) is 12.0. The monoisotopic (exact) mass is 294 g/mol. The van der Waals surface area contributed by atoms with Crippen molar-refractivity contribution in [3.63, 3.8) is 0 Å². The summed E-state index contributed by atoms with van der Waals surface area (Å²) in [4.78, 5) is 13.4. The van der Waals surface area contributed by atoms with E-state index in [1.165, 1.54) is 6.08 Å². The molecule has 0 spiro atoms. The zero-order chi connectivity index (χ0) is 14.4. The van der Waals surface area contributed by atoms with Crippen molar-refractivity contribution >= 4 is 22.0 Å². The van der Waals surface area contributed by atoms with Gasteiger partial charge in [0.15, 0.2) is 0 Å². The van der Waals surface area contributed by atoms with Gasteiger partial charge in [0.25, 0.3) is 0 Å². The van der Waals surface area contributed by atoms with Crippen LogP contribution in [0.3, 0.4) is 0 Å². The molecular formula is C14H18N2O3S. The van der Waals surface area contributed by atoms with Gasteiger partial charge in [-0.25, -0.2) is 13.1 Å². The number of nitrogens with zero attached hydrogens (tertiary/aromatic N) is 1. The third-order valence-corrected chi connectivity index (χ3v) is 4.16. The molecule has 1 aromatic rings. The number of likely N-dealkylation sites (tertiary alicyclic amines) is 1. The van der Waals surface area contributed by atoms with E-state index < -0.39 is 10.0 Å². The quantitative estimate of drug-likeness (QED) is 0.887. The number of amides is 1. The fraction of sp³-hybridized carbons (Fsp3) is 0.357. The van der Waals surface area contributed by atoms with Gasteiger partial charge in [-0.1, -0.05) is 30.3 Å². The van der Waals surface area contributed by atoms with Crippen LogP contribution in [0.2, 0.25) is 0 Å². The molecule has 108 valence electrons. The van der Waals surface area contributed by atoms with Crippen LogP contribution >= 0.6 is 0 Å². The van der Waals surface area contributed by atoms with Gasteiger partial charge in [-0.3, -0.25) is 4.79 Å². The summed E-state index contributed by atoms with van der Waals surface area (Å²) in [6, 6.07) is 9.13. The molecule has 20 heavy (non-hydrogen) atoms. The van der Waals surface area contributed by atoms with Crippen molar-refractivity contribution in [3.05, 3.63) is 41.3 Å². The Morgan fingerprint density at radius 2 is 1.85 bits per heavy atom. The highest BCUT2D eigenvalue weighted by Gasteiger charge is 2.18. The van der Waals surface area contributed by atoms with E-state index in [4.69, 9.17) is 0 Å². The summed E-state index contributed by atoms with van der Waals surface area (Å²) in [7, 11) is -3.58. The van der Waals surface area contributed by atoms with Crippen LogP contribution in [0, 0.1) is 0 Å². The normalized spacial score (nSPS) is 15.9. The molecule has 1 heterocycles. The lowest BCUT2D eigenvalue weighted by Crippen LogP contribution is -2.37. The maximum Gasteiger partial charge on any atom is 0.237 e. The van der Waals surface area contributed by atoms with Gasteiger partial charge >= 0.3 is 0 Å². The molecule has 2 rings (SSSR count). The summed E-state index contributed by atoms with van der Waals surface area (Å²) < 4.78 is 25.8. The second kappa shape index (κ2) is 6.67. The minimum Gasteiger partial charge on any atom is -0.342 e. The number of hydrogen-bond acceptors (Lipinski definition) is 3. The van der Waals surface area contributed by atoms with E-state index in [0.717, 1.165) is 36.9 Å². The van der Waals surface area contributed by atoms with Crippen LogP contribution in [0.5, 0.6) is 0 Å². The SMILES string of the molecule is O=C(CNS(=O)(=O)/C=C/c1ccccc1)N1CCCC1. The van der Waals surface area contributed by atoms with Crippen LogP contribution in [-0.4, -0.2) is 38.9 Å². The molecule has 1 aromatic carbocycles. The van der Waals surface area contributed by atoms with E-state index in [1.54, 1.807) is 17.0 Å². The minimum absolute atomic E-state index is 0.167. The number of sulfonamides is 1. The lowest BCUT2D eigenvalue weighted by atomic mass is 10.2. The summed E-state index contributed by atoms with van der Waals surface area (Å²) in [5, 5.41) is 1.08. The smallest absolute Gasteiger partial charge is 0.237 e. The minimum atomic E-state index is -3.58. The second-order valence-corrected chi connectivity index (χ2v) is 6.32. The number of hydrogen-bond donors (Lipinski definition) is 1. The third kappa shape index (κ3) is 4.47. The average molecular weight is 294 g/mol. The lowest BCUT2D eigenvalue weighted by molar-refractivity contribution is -0.128. The van der Waals surface area contributed by atoms with E-state index in [0.29, 0.717) is 0 Å². The van der Waals surface area contributed by atoms with Crippen molar-refractivity contribution < 1.29 is 13.2 Å². The van der Waals surface area contributed by atoms with Crippen molar-refractivity contribution in [1.82, 2.24) is 9.62 Å². The van der Waals surface area contributed by atoms with E-state index in [-0.39, 0.29) is 12.5 Å². The predicted molar refractivity (Wildman–Crippen MR) is 78.2 cm³/mol. The highest BCUT2D eigenvalue weighted by atomic mass is 32.2. The third-order valence-electron chi connectivity index (χ3n) is 3.12. The standard InChI is InChI=1S/C14H18N2O3S/c17-14(16-9-4-5-10-16)12-15-20(18,19)11-8-13-6-2-1-3-7-13/h1-3,6-8,11,15H,4-5,9-10,12H2/b11-8+. The van der Waals surface area contributed by atoms with E-state index in [9.17, 15) is 13.2 Å². The summed E-state index contributed by atoms with van der Waals surface area (Å²) in [5.74, 6) is -0.167. The molecule has 1 aliphatic rings. The molecule has 1 aliphatic heterocycles. The average Bonchev–Trinajstić information content (AvgIpc) is 2.98. The van der Waals surface area contributed by atoms with Crippen molar-refractivity contribution in [3.8, 4) is 0 Å². The number of nitrogens with one attached hydrogen (secondary N) is 1. The molecule has 0 atom stereocenters. The fourth-order valence-corrected chi connectivity index (χ4v) is 2.78. The molecule has 5 nitrogen and oxygen atoms in total. The molecule has 0 unspecified atom stereocenters. The first-order valence-electron chi connectivity index (χ1n) is 6.57. The topological polar surface area (TPSA) is 66.5 Å². The number of benzene rings is 1. The van der Waals surface area contributed by atoms with Crippen molar-refractivity contribution in [1.29, 1.82) is 0 Å². The Balaban J connectivity index is 1.87. The van der Waals surface area contributed by atoms with Gasteiger partial charge in [0, 0.05) is 18.5 Å². The van der Waals surface area contributed by atoms with Gasteiger partial charge < -0.3 is 4.90 Å². The van der Waals surface area contributed by atoms with Crippen LogP contribution in [-0.2, 0) is 14.8 Å². The van der Waals surface area contributed by atoms with Crippen molar-refractivity contribution in [2.75, 3.05) is 19.6 Å². The fourth-order valence-electron chi connectivity index (χ4n) is 2.02. The predicted octanol–water partition coefficient (Wildman–Crippen LogP) is 1.20. The molecule has 0 radical (unpaired) electrons. The Morgan fingerprint density at radius 1 is 1.20 bits per heavy atom. The van der Waals surface area contributed by atoms with Gasteiger partial charge in [-0.15, -0.1) is 0 Å². The van der Waals surface area contributed by atoms with Gasteiger partial charge in [0.2, 0.25) is 15.9 Å². The largest absolute Gasteiger partial charge is 0.342 e. The first-order chi connectivity index (χ1) is 9.57. The van der Waals surface area contributed by atoms with Gasteiger partial charge in [0.1, 0.15) is 0 Å². The Hall–Kier alpha value is -1.66. The maximum atomic E-state index is 11.8. The molecule has 0 saturated carbocycles. The van der Waals surface area contributed by atoms with Gasteiger partial charge in [-0.2, -0.15) is 0 Å². The van der Waals surface area contributed by atoms with Crippen molar-refractivity contribution in [2.24, 2.45) is 0 Å². The van der Waals surface area contributed by atoms with Crippen LogP contribution in [0.4, 0.5) is 0 Å². The molecule has 1 amide bonds. The lowest BCUT2D eigenvalue weighted by Gasteiger charge is -2.14. The number of carbonyl (C=O) groups is 1. The van der Waals surface area contributed by atoms with Crippen LogP contribution < -0.4 is 4.72 Å². The molecule has 6 heteroatoms. The molecule has 0 bridgehead atoms. The maximum absolute atomic E-state index is 11.8. The van der Waals surface area contributed by atoms with E-state index >= 15 is 0 Å². The summed E-state index contributed by atoms with van der Waals surface area (Å²) in [6.45, 7) is 1.27. The summed E-state index contributed by atoms with van der Waals surface area (Å²) in [6.07, 6.45) is 3.49. The second-order valence-electron chi connectivity index (χ2n) is 4.67.